The highest BCUT2D eigenvalue weighted by atomic mass is 19.1. The zero-order valence-electron chi connectivity index (χ0n) is 15.0. The Balaban J connectivity index is 1.89. The van der Waals surface area contributed by atoms with Gasteiger partial charge in [0.15, 0.2) is 11.6 Å². The molecule has 0 fully saturated rings. The zero-order valence-corrected chi connectivity index (χ0v) is 15.0. The van der Waals surface area contributed by atoms with Gasteiger partial charge in [-0.05, 0) is 31.2 Å². The number of amides is 2. The van der Waals surface area contributed by atoms with Crippen LogP contribution in [-0.4, -0.2) is 36.9 Å². The Labute approximate surface area is 156 Å². The maximum atomic E-state index is 13.8. The lowest BCUT2D eigenvalue weighted by atomic mass is 10.2. The van der Waals surface area contributed by atoms with Crippen LogP contribution in [0.25, 0.3) is 0 Å². The number of hydrogen-bond donors (Lipinski definition) is 2. The molecule has 2 rings (SSSR count). The van der Waals surface area contributed by atoms with Crippen LogP contribution in [0.5, 0.6) is 0 Å². The number of halogens is 2. The maximum absolute atomic E-state index is 13.8. The first kappa shape index (κ1) is 19.9. The fourth-order valence-electron chi connectivity index (χ4n) is 2.27. The van der Waals surface area contributed by atoms with E-state index < -0.39 is 23.2 Å². The second-order valence-corrected chi connectivity index (χ2v) is 5.98. The summed E-state index contributed by atoms with van der Waals surface area (Å²) in [6, 6.07) is 9.19. The number of rotatable bonds is 6. The van der Waals surface area contributed by atoms with Crippen molar-refractivity contribution in [2.24, 2.45) is 0 Å². The van der Waals surface area contributed by atoms with E-state index in [1.807, 2.05) is 19.1 Å². The van der Waals surface area contributed by atoms with Crippen molar-refractivity contribution in [3.63, 3.8) is 0 Å². The van der Waals surface area contributed by atoms with Crippen molar-refractivity contribution in [3.8, 4) is 12.3 Å². The van der Waals surface area contributed by atoms with Crippen LogP contribution in [0.15, 0.2) is 36.4 Å². The van der Waals surface area contributed by atoms with E-state index in [1.165, 1.54) is 7.05 Å². The number of aryl methyl sites for hydroxylation is 1. The van der Waals surface area contributed by atoms with Crippen molar-refractivity contribution >= 4 is 23.2 Å². The predicted molar refractivity (Wildman–Crippen MR) is 100 cm³/mol. The zero-order chi connectivity index (χ0) is 20.0. The average molecular weight is 371 g/mol. The third kappa shape index (κ3) is 5.54. The summed E-state index contributed by atoms with van der Waals surface area (Å²) >= 11 is 0. The summed E-state index contributed by atoms with van der Waals surface area (Å²) in [4.78, 5) is 25.3. The quantitative estimate of drug-likeness (QED) is 0.768. The number of terminal acetylenes is 1. The van der Waals surface area contributed by atoms with Crippen LogP contribution in [-0.2, 0) is 9.59 Å². The van der Waals surface area contributed by atoms with Crippen LogP contribution >= 0.6 is 0 Å². The Bertz CT molecular complexity index is 866. The molecule has 0 saturated carbocycles. The van der Waals surface area contributed by atoms with Crippen molar-refractivity contribution < 1.29 is 18.4 Å². The summed E-state index contributed by atoms with van der Waals surface area (Å²) < 4.78 is 27.7. The number of carbonyl (C=O) groups is 2. The van der Waals surface area contributed by atoms with Crippen LogP contribution in [0.1, 0.15) is 11.1 Å². The minimum atomic E-state index is -0.893. The van der Waals surface area contributed by atoms with E-state index >= 15 is 0 Å². The van der Waals surface area contributed by atoms with E-state index in [-0.39, 0.29) is 24.6 Å². The lowest BCUT2D eigenvalue weighted by Crippen LogP contribution is -2.38. The van der Waals surface area contributed by atoms with Gasteiger partial charge in [-0.1, -0.05) is 23.6 Å². The number of nitrogens with zero attached hydrogens (tertiary/aromatic N) is 1. The Morgan fingerprint density at radius 3 is 2.30 bits per heavy atom. The van der Waals surface area contributed by atoms with Crippen LogP contribution in [0.3, 0.4) is 0 Å². The first-order valence-corrected chi connectivity index (χ1v) is 8.10. The molecule has 27 heavy (non-hydrogen) atoms. The van der Waals surface area contributed by atoms with Crippen molar-refractivity contribution in [2.45, 2.75) is 6.92 Å². The second kappa shape index (κ2) is 8.81. The molecule has 0 heterocycles. The molecule has 0 spiro atoms. The van der Waals surface area contributed by atoms with E-state index in [0.717, 1.165) is 22.6 Å². The molecule has 7 heteroatoms. The number of carbonyl (C=O) groups excluding carboxylic acids is 2. The molecule has 140 valence electrons. The van der Waals surface area contributed by atoms with Crippen LogP contribution in [0.2, 0.25) is 0 Å². The summed E-state index contributed by atoms with van der Waals surface area (Å²) in [5.41, 5.74) is 1.29. The van der Waals surface area contributed by atoms with E-state index in [4.69, 9.17) is 6.42 Å². The predicted octanol–water partition coefficient (Wildman–Crippen LogP) is 2.76. The standard InChI is InChI=1S/C20H19F2N3O2/c1-4-14-9-16(21)20(17(22)10-14)23-11-19(27)25(3)12-18(26)24-15-7-5-13(2)6-8-15/h1,5-10,23H,11-12H2,2-3H3,(H,24,26). The molecule has 0 aliphatic rings. The van der Waals surface area contributed by atoms with Crippen LogP contribution in [0, 0.1) is 30.9 Å². The number of nitrogens with one attached hydrogen (secondary N) is 2. The normalized spacial score (nSPS) is 10.0. The molecule has 2 N–H and O–H groups in total. The lowest BCUT2D eigenvalue weighted by molar-refractivity contribution is -0.131. The molecule has 0 aromatic heterocycles. The van der Waals surface area contributed by atoms with Crippen molar-refractivity contribution in [1.29, 1.82) is 0 Å². The minimum Gasteiger partial charge on any atom is -0.371 e. The van der Waals surface area contributed by atoms with Gasteiger partial charge in [-0.15, -0.1) is 6.42 Å². The van der Waals surface area contributed by atoms with Gasteiger partial charge in [0.2, 0.25) is 11.8 Å². The van der Waals surface area contributed by atoms with Gasteiger partial charge < -0.3 is 15.5 Å². The molecule has 0 aliphatic heterocycles. The monoisotopic (exact) mass is 371 g/mol. The average Bonchev–Trinajstić information content (AvgIpc) is 2.62. The number of anilines is 2. The smallest absolute Gasteiger partial charge is 0.243 e. The highest BCUT2D eigenvalue weighted by Crippen LogP contribution is 2.20. The molecule has 2 amide bonds. The summed E-state index contributed by atoms with van der Waals surface area (Å²) in [6.45, 7) is 1.35. The summed E-state index contributed by atoms with van der Waals surface area (Å²) in [7, 11) is 1.42. The van der Waals surface area contributed by atoms with Crippen molar-refractivity contribution in [2.75, 3.05) is 30.8 Å². The summed E-state index contributed by atoms with van der Waals surface area (Å²) in [6.07, 6.45) is 5.11. The molecule has 0 aliphatic carbocycles. The molecule has 0 saturated heterocycles. The molecular weight excluding hydrogens is 352 g/mol. The molecular formula is C20H19F2N3O2. The van der Waals surface area contributed by atoms with Gasteiger partial charge in [-0.2, -0.15) is 0 Å². The molecule has 0 radical (unpaired) electrons. The van der Waals surface area contributed by atoms with Crippen molar-refractivity contribution in [3.05, 3.63) is 59.2 Å². The third-order valence-electron chi connectivity index (χ3n) is 3.77. The van der Waals surface area contributed by atoms with Crippen LogP contribution in [0.4, 0.5) is 20.2 Å². The SMILES string of the molecule is C#Cc1cc(F)c(NCC(=O)N(C)CC(=O)Nc2ccc(C)cc2)c(F)c1. The maximum Gasteiger partial charge on any atom is 0.243 e. The number of likely N-dealkylation sites (N-methyl/N-ethyl adjacent to an activating group) is 1. The van der Waals surface area contributed by atoms with Crippen molar-refractivity contribution in [1.82, 2.24) is 4.90 Å². The fourth-order valence-corrected chi connectivity index (χ4v) is 2.27. The van der Waals surface area contributed by atoms with Gasteiger partial charge in [-0.25, -0.2) is 8.78 Å². The largest absolute Gasteiger partial charge is 0.371 e. The Hall–Kier alpha value is -3.40. The summed E-state index contributed by atoms with van der Waals surface area (Å²) in [5.74, 6) is -0.540. The molecule has 0 bridgehead atoms. The van der Waals surface area contributed by atoms with Gasteiger partial charge in [0.05, 0.1) is 13.1 Å². The fraction of sp³-hybridized carbons (Fsp3) is 0.200. The highest BCUT2D eigenvalue weighted by Gasteiger charge is 2.16. The molecule has 2 aromatic carbocycles. The Kier molecular flexibility index (Phi) is 6.50. The van der Waals surface area contributed by atoms with E-state index in [0.29, 0.717) is 5.69 Å². The lowest BCUT2D eigenvalue weighted by Gasteiger charge is -2.18. The molecule has 0 unspecified atom stereocenters. The van der Waals surface area contributed by atoms with E-state index in [2.05, 4.69) is 16.6 Å². The van der Waals surface area contributed by atoms with Gasteiger partial charge in [-0.3, -0.25) is 9.59 Å². The first-order chi connectivity index (χ1) is 12.8. The summed E-state index contributed by atoms with van der Waals surface area (Å²) in [5, 5.41) is 5.07. The highest BCUT2D eigenvalue weighted by molar-refractivity contribution is 5.95. The van der Waals surface area contributed by atoms with E-state index in [1.54, 1.807) is 12.1 Å². The Morgan fingerprint density at radius 2 is 1.74 bits per heavy atom. The molecule has 5 nitrogen and oxygen atoms in total. The molecule has 2 aromatic rings. The van der Waals surface area contributed by atoms with Gasteiger partial charge in [0.25, 0.3) is 0 Å². The van der Waals surface area contributed by atoms with E-state index in [9.17, 15) is 18.4 Å². The second-order valence-electron chi connectivity index (χ2n) is 5.98. The van der Waals surface area contributed by atoms with Gasteiger partial charge in [0, 0.05) is 18.3 Å². The van der Waals surface area contributed by atoms with Crippen LogP contribution < -0.4 is 10.6 Å². The van der Waals surface area contributed by atoms with Gasteiger partial charge in [0.1, 0.15) is 5.69 Å². The topological polar surface area (TPSA) is 61.4 Å². The first-order valence-electron chi connectivity index (χ1n) is 8.10. The van der Waals surface area contributed by atoms with Gasteiger partial charge >= 0.3 is 0 Å². The minimum absolute atomic E-state index is 0.0618. The molecule has 0 atom stereocenters. The number of benzene rings is 2. The third-order valence-corrected chi connectivity index (χ3v) is 3.77. The Morgan fingerprint density at radius 1 is 1.15 bits per heavy atom. The number of hydrogen-bond acceptors (Lipinski definition) is 3.